The summed E-state index contributed by atoms with van der Waals surface area (Å²) in [6.07, 6.45) is 7.46. The van der Waals surface area contributed by atoms with Crippen LogP contribution in [0.25, 0.3) is 0 Å². The zero-order chi connectivity index (χ0) is 8.55. The molecule has 3 unspecified atom stereocenters. The zero-order valence-corrected chi connectivity index (χ0v) is 8.42. The van der Waals surface area contributed by atoms with E-state index in [2.05, 4.69) is 18.9 Å². The van der Waals surface area contributed by atoms with Gasteiger partial charge in [-0.2, -0.15) is 0 Å². The molecule has 0 aromatic rings. The highest BCUT2D eigenvalue weighted by molar-refractivity contribution is 4.89. The van der Waals surface area contributed by atoms with Crippen molar-refractivity contribution in [2.24, 2.45) is 11.8 Å². The molecule has 2 fully saturated rings. The molecule has 0 amide bonds. The third kappa shape index (κ3) is 1.39. The lowest BCUT2D eigenvalue weighted by Crippen LogP contribution is -2.25. The topological polar surface area (TPSA) is 3.24 Å². The van der Waals surface area contributed by atoms with Crippen molar-refractivity contribution in [3.05, 3.63) is 0 Å². The summed E-state index contributed by atoms with van der Waals surface area (Å²) in [6, 6.07) is 0.855. The summed E-state index contributed by atoms with van der Waals surface area (Å²) in [5, 5.41) is 0. The van der Waals surface area contributed by atoms with Crippen molar-refractivity contribution in [3.63, 3.8) is 0 Å². The molecule has 0 radical (unpaired) electrons. The van der Waals surface area contributed by atoms with Gasteiger partial charge in [0.1, 0.15) is 0 Å². The lowest BCUT2D eigenvalue weighted by atomic mass is 9.87. The van der Waals surface area contributed by atoms with Gasteiger partial charge in [0.15, 0.2) is 0 Å². The Morgan fingerprint density at radius 1 is 1.08 bits per heavy atom. The van der Waals surface area contributed by atoms with E-state index in [1.165, 1.54) is 38.6 Å². The van der Waals surface area contributed by atoms with Crippen LogP contribution in [-0.4, -0.2) is 24.5 Å². The minimum atomic E-state index is 0.855. The third-order valence-corrected chi connectivity index (χ3v) is 4.06. The Labute approximate surface area is 76.1 Å². The summed E-state index contributed by atoms with van der Waals surface area (Å²) < 4.78 is 0. The summed E-state index contributed by atoms with van der Waals surface area (Å²) in [5.41, 5.74) is 0. The molecule has 1 heterocycles. The fraction of sp³-hybridized carbons (Fsp3) is 1.00. The van der Waals surface area contributed by atoms with Crippen LogP contribution < -0.4 is 0 Å². The quantitative estimate of drug-likeness (QED) is 0.536. The van der Waals surface area contributed by atoms with Crippen LogP contribution in [0.5, 0.6) is 0 Å². The fourth-order valence-electron chi connectivity index (χ4n) is 3.14. The van der Waals surface area contributed by atoms with E-state index in [4.69, 9.17) is 0 Å². The molecule has 1 saturated carbocycles. The normalized spacial score (nSPS) is 44.0. The van der Waals surface area contributed by atoms with Gasteiger partial charge >= 0.3 is 0 Å². The smallest absolute Gasteiger partial charge is 0.00953 e. The first-order valence-corrected chi connectivity index (χ1v) is 5.49. The maximum atomic E-state index is 2.56. The van der Waals surface area contributed by atoms with E-state index in [9.17, 15) is 0 Å². The van der Waals surface area contributed by atoms with E-state index in [0.717, 1.165) is 17.9 Å². The van der Waals surface area contributed by atoms with E-state index in [-0.39, 0.29) is 0 Å². The van der Waals surface area contributed by atoms with Crippen LogP contribution in [0.1, 0.15) is 39.0 Å². The van der Waals surface area contributed by atoms with Gasteiger partial charge in [0.05, 0.1) is 0 Å². The van der Waals surface area contributed by atoms with Gasteiger partial charge in [-0.1, -0.05) is 19.3 Å². The minimum absolute atomic E-state index is 0.855. The van der Waals surface area contributed by atoms with Gasteiger partial charge in [-0.15, -0.1) is 0 Å². The lowest BCUT2D eigenvalue weighted by molar-refractivity contribution is 0.280. The summed E-state index contributed by atoms with van der Waals surface area (Å²) in [5.74, 6) is 2.06. The Kier molecular flexibility index (Phi) is 2.40. The Hall–Kier alpha value is -0.0400. The van der Waals surface area contributed by atoms with E-state index < -0.39 is 0 Å². The van der Waals surface area contributed by atoms with Crippen molar-refractivity contribution in [3.8, 4) is 0 Å². The van der Waals surface area contributed by atoms with Gasteiger partial charge in [-0.25, -0.2) is 0 Å². The first-order valence-electron chi connectivity index (χ1n) is 5.49. The van der Waals surface area contributed by atoms with Crippen molar-refractivity contribution in [2.45, 2.75) is 45.1 Å². The minimum Gasteiger partial charge on any atom is -0.303 e. The molecule has 0 spiro atoms. The van der Waals surface area contributed by atoms with E-state index in [1.807, 2.05) is 0 Å². The average Bonchev–Trinajstić information content (AvgIpc) is 2.30. The molecule has 0 bridgehead atoms. The first kappa shape index (κ1) is 8.55. The Balaban J connectivity index is 2.04. The monoisotopic (exact) mass is 167 g/mol. The lowest BCUT2D eigenvalue weighted by Gasteiger charge is -2.20. The number of hydrogen-bond donors (Lipinski definition) is 0. The Morgan fingerprint density at radius 3 is 2.67 bits per heavy atom. The maximum absolute atomic E-state index is 2.56. The molecule has 1 aliphatic carbocycles. The SMILES string of the molecule is CC1C2CCCCCC2CN1C. The molecule has 1 nitrogen and oxygen atoms in total. The van der Waals surface area contributed by atoms with E-state index in [1.54, 1.807) is 0 Å². The summed E-state index contributed by atoms with van der Waals surface area (Å²) >= 11 is 0. The van der Waals surface area contributed by atoms with Crippen molar-refractivity contribution in [1.29, 1.82) is 0 Å². The number of rotatable bonds is 0. The van der Waals surface area contributed by atoms with Crippen LogP contribution in [0, 0.1) is 11.8 Å². The largest absolute Gasteiger partial charge is 0.303 e. The van der Waals surface area contributed by atoms with Crippen molar-refractivity contribution in [2.75, 3.05) is 13.6 Å². The second kappa shape index (κ2) is 3.37. The van der Waals surface area contributed by atoms with Crippen LogP contribution >= 0.6 is 0 Å². The van der Waals surface area contributed by atoms with Crippen LogP contribution in [0.15, 0.2) is 0 Å². The predicted molar refractivity (Wildman–Crippen MR) is 52.2 cm³/mol. The molecule has 2 aliphatic rings. The summed E-state index contributed by atoms with van der Waals surface area (Å²) in [4.78, 5) is 2.56. The van der Waals surface area contributed by atoms with Crippen molar-refractivity contribution >= 4 is 0 Å². The molecule has 0 aromatic heterocycles. The molecule has 0 aromatic carbocycles. The average molecular weight is 167 g/mol. The summed E-state index contributed by atoms with van der Waals surface area (Å²) in [6.45, 7) is 3.78. The van der Waals surface area contributed by atoms with Crippen LogP contribution in [-0.2, 0) is 0 Å². The third-order valence-electron chi connectivity index (χ3n) is 4.06. The second-order valence-electron chi connectivity index (χ2n) is 4.74. The number of fused-ring (bicyclic) bond motifs is 1. The molecule has 1 heteroatoms. The number of nitrogens with zero attached hydrogens (tertiary/aromatic N) is 1. The van der Waals surface area contributed by atoms with Crippen molar-refractivity contribution < 1.29 is 0 Å². The van der Waals surface area contributed by atoms with Crippen molar-refractivity contribution in [1.82, 2.24) is 4.90 Å². The highest BCUT2D eigenvalue weighted by Gasteiger charge is 2.36. The second-order valence-corrected chi connectivity index (χ2v) is 4.74. The van der Waals surface area contributed by atoms with Crippen LogP contribution in [0.3, 0.4) is 0 Å². The molecule has 1 aliphatic heterocycles. The van der Waals surface area contributed by atoms with E-state index >= 15 is 0 Å². The maximum Gasteiger partial charge on any atom is 0.00953 e. The van der Waals surface area contributed by atoms with Gasteiger partial charge in [0, 0.05) is 12.6 Å². The number of hydrogen-bond acceptors (Lipinski definition) is 1. The predicted octanol–water partition coefficient (Wildman–Crippen LogP) is 2.52. The van der Waals surface area contributed by atoms with Crippen LogP contribution in [0.2, 0.25) is 0 Å². The number of likely N-dealkylation sites (tertiary alicyclic amines) is 1. The highest BCUT2D eigenvalue weighted by Crippen LogP contribution is 2.38. The molecule has 2 rings (SSSR count). The van der Waals surface area contributed by atoms with Gasteiger partial charge in [0.2, 0.25) is 0 Å². The van der Waals surface area contributed by atoms with E-state index in [0.29, 0.717) is 0 Å². The van der Waals surface area contributed by atoms with Gasteiger partial charge in [0.25, 0.3) is 0 Å². The molecule has 12 heavy (non-hydrogen) atoms. The van der Waals surface area contributed by atoms with Gasteiger partial charge in [-0.05, 0) is 38.6 Å². The fourth-order valence-corrected chi connectivity index (χ4v) is 3.14. The molecule has 1 saturated heterocycles. The summed E-state index contributed by atoms with van der Waals surface area (Å²) in [7, 11) is 2.29. The molecular formula is C11H21N. The zero-order valence-electron chi connectivity index (χ0n) is 8.42. The highest BCUT2D eigenvalue weighted by atomic mass is 15.2. The van der Waals surface area contributed by atoms with Gasteiger partial charge in [-0.3, -0.25) is 0 Å². The standard InChI is InChI=1S/C11H21N/c1-9-11-7-5-3-4-6-10(11)8-12(9)2/h9-11H,3-8H2,1-2H3. The molecule has 3 atom stereocenters. The molecule has 0 N–H and O–H groups in total. The first-order chi connectivity index (χ1) is 5.79. The molecule has 70 valence electrons. The van der Waals surface area contributed by atoms with Gasteiger partial charge < -0.3 is 4.90 Å². The Morgan fingerprint density at radius 2 is 1.83 bits per heavy atom. The Bertz CT molecular complexity index is 155. The molecular weight excluding hydrogens is 146 g/mol. The van der Waals surface area contributed by atoms with Crippen LogP contribution in [0.4, 0.5) is 0 Å².